The van der Waals surface area contributed by atoms with E-state index in [4.69, 9.17) is 27.6 Å². The van der Waals surface area contributed by atoms with Crippen LogP contribution in [0.15, 0.2) is 34.7 Å². The first kappa shape index (κ1) is 11.4. The highest BCUT2D eigenvalue weighted by molar-refractivity contribution is 6.36. The van der Waals surface area contributed by atoms with Gasteiger partial charge in [-0.3, -0.25) is 4.79 Å². The molecular weight excluding hydrogens is 273 g/mol. The standard InChI is InChI=1S/C13H7Cl2NO2/c14-7-1-3-9-10(13(17)16-11(9)5-7)6-8-2-4-12(15)18-8/h1-6H,(H,16,17). The second-order valence-electron chi connectivity index (χ2n) is 3.84. The van der Waals surface area contributed by atoms with Gasteiger partial charge in [0.2, 0.25) is 0 Å². The smallest absolute Gasteiger partial charge is 0.256 e. The Hall–Kier alpha value is -1.71. The van der Waals surface area contributed by atoms with Gasteiger partial charge in [-0.1, -0.05) is 17.7 Å². The van der Waals surface area contributed by atoms with Crippen molar-refractivity contribution in [3.8, 4) is 0 Å². The number of nitrogens with one attached hydrogen (secondary N) is 1. The zero-order valence-electron chi connectivity index (χ0n) is 9.04. The van der Waals surface area contributed by atoms with E-state index in [1.807, 2.05) is 0 Å². The SMILES string of the molecule is O=C1Nc2cc(Cl)ccc2C1=Cc1ccc(Cl)o1. The van der Waals surface area contributed by atoms with Gasteiger partial charge >= 0.3 is 0 Å². The molecule has 3 rings (SSSR count). The molecule has 0 fully saturated rings. The molecule has 1 aromatic carbocycles. The molecule has 2 aromatic rings. The van der Waals surface area contributed by atoms with E-state index in [0.717, 1.165) is 5.56 Å². The first-order valence-corrected chi connectivity index (χ1v) is 5.97. The lowest BCUT2D eigenvalue weighted by Gasteiger charge is -1.97. The number of hydrogen-bond donors (Lipinski definition) is 1. The molecule has 90 valence electrons. The van der Waals surface area contributed by atoms with E-state index in [9.17, 15) is 4.79 Å². The molecule has 1 N–H and O–H groups in total. The van der Waals surface area contributed by atoms with Gasteiger partial charge in [-0.05, 0) is 41.9 Å². The van der Waals surface area contributed by atoms with Gasteiger partial charge in [0.1, 0.15) is 5.76 Å². The van der Waals surface area contributed by atoms with Crippen LogP contribution in [-0.2, 0) is 4.79 Å². The minimum Gasteiger partial charge on any atom is -0.445 e. The summed E-state index contributed by atoms with van der Waals surface area (Å²) >= 11 is 11.6. The summed E-state index contributed by atoms with van der Waals surface area (Å²) < 4.78 is 5.22. The van der Waals surface area contributed by atoms with Crippen LogP contribution in [0.4, 0.5) is 5.69 Å². The van der Waals surface area contributed by atoms with Gasteiger partial charge in [-0.15, -0.1) is 0 Å². The number of amides is 1. The number of furan rings is 1. The van der Waals surface area contributed by atoms with E-state index in [1.54, 1.807) is 36.4 Å². The Labute approximate surface area is 113 Å². The monoisotopic (exact) mass is 279 g/mol. The zero-order valence-corrected chi connectivity index (χ0v) is 10.5. The van der Waals surface area contributed by atoms with Crippen LogP contribution >= 0.6 is 23.2 Å². The molecule has 2 heterocycles. The van der Waals surface area contributed by atoms with Crippen molar-refractivity contribution in [3.63, 3.8) is 0 Å². The Bertz CT molecular complexity index is 673. The van der Waals surface area contributed by atoms with Crippen molar-refractivity contribution in [3.05, 3.63) is 51.9 Å². The minimum absolute atomic E-state index is 0.181. The minimum atomic E-state index is -0.181. The van der Waals surface area contributed by atoms with Crippen LogP contribution in [-0.4, -0.2) is 5.91 Å². The van der Waals surface area contributed by atoms with Crippen LogP contribution in [0.5, 0.6) is 0 Å². The number of anilines is 1. The summed E-state index contributed by atoms with van der Waals surface area (Å²) in [5, 5.41) is 3.62. The molecular formula is C13H7Cl2NO2. The lowest BCUT2D eigenvalue weighted by Crippen LogP contribution is -2.03. The molecule has 1 aliphatic heterocycles. The highest BCUT2D eigenvalue weighted by Gasteiger charge is 2.24. The first-order valence-electron chi connectivity index (χ1n) is 5.22. The van der Waals surface area contributed by atoms with Gasteiger partial charge in [0, 0.05) is 10.6 Å². The van der Waals surface area contributed by atoms with E-state index in [2.05, 4.69) is 5.32 Å². The molecule has 3 nitrogen and oxygen atoms in total. The van der Waals surface area contributed by atoms with Gasteiger partial charge < -0.3 is 9.73 Å². The van der Waals surface area contributed by atoms with E-state index in [-0.39, 0.29) is 11.1 Å². The first-order chi connectivity index (χ1) is 8.63. The number of benzene rings is 1. The molecule has 1 amide bonds. The van der Waals surface area contributed by atoms with Crippen molar-refractivity contribution in [2.24, 2.45) is 0 Å². The third-order valence-corrected chi connectivity index (χ3v) is 3.08. The van der Waals surface area contributed by atoms with Crippen molar-refractivity contribution >= 4 is 46.4 Å². The molecule has 0 unspecified atom stereocenters. The Kier molecular flexibility index (Phi) is 2.65. The lowest BCUT2D eigenvalue weighted by atomic mass is 10.1. The van der Waals surface area contributed by atoms with Gasteiger partial charge in [0.15, 0.2) is 5.22 Å². The van der Waals surface area contributed by atoms with Crippen molar-refractivity contribution in [1.82, 2.24) is 0 Å². The van der Waals surface area contributed by atoms with Crippen molar-refractivity contribution in [2.75, 3.05) is 5.32 Å². The summed E-state index contributed by atoms with van der Waals surface area (Å²) in [6.07, 6.45) is 1.65. The van der Waals surface area contributed by atoms with E-state index >= 15 is 0 Å². The van der Waals surface area contributed by atoms with E-state index < -0.39 is 0 Å². The van der Waals surface area contributed by atoms with Gasteiger partial charge in [-0.25, -0.2) is 0 Å². The average Bonchev–Trinajstić information content (AvgIpc) is 2.84. The molecule has 0 radical (unpaired) electrons. The summed E-state index contributed by atoms with van der Waals surface area (Å²) in [6, 6.07) is 8.58. The normalized spacial score (nSPS) is 15.9. The maximum absolute atomic E-state index is 11.9. The van der Waals surface area contributed by atoms with Gasteiger partial charge in [-0.2, -0.15) is 0 Å². The highest BCUT2D eigenvalue weighted by atomic mass is 35.5. The fraction of sp³-hybridized carbons (Fsp3) is 0. The Morgan fingerprint density at radius 2 is 2.00 bits per heavy atom. The van der Waals surface area contributed by atoms with Gasteiger partial charge in [0.05, 0.1) is 11.3 Å². The predicted octanol–water partition coefficient (Wildman–Crippen LogP) is 4.08. The number of halogens is 2. The summed E-state index contributed by atoms with van der Waals surface area (Å²) in [5.41, 5.74) is 2.04. The summed E-state index contributed by atoms with van der Waals surface area (Å²) in [5.74, 6) is 0.354. The lowest BCUT2D eigenvalue weighted by molar-refractivity contribution is -0.110. The number of carbonyl (C=O) groups is 1. The fourth-order valence-corrected chi connectivity index (χ4v) is 2.18. The van der Waals surface area contributed by atoms with Crippen molar-refractivity contribution < 1.29 is 9.21 Å². The van der Waals surface area contributed by atoms with Crippen LogP contribution in [0, 0.1) is 0 Å². The molecule has 0 aliphatic carbocycles. The summed E-state index contributed by atoms with van der Waals surface area (Å²) in [6.45, 7) is 0. The van der Waals surface area contributed by atoms with Crippen LogP contribution in [0.1, 0.15) is 11.3 Å². The number of fused-ring (bicyclic) bond motifs is 1. The summed E-state index contributed by atoms with van der Waals surface area (Å²) in [4.78, 5) is 11.9. The van der Waals surface area contributed by atoms with E-state index in [0.29, 0.717) is 22.0 Å². The molecule has 5 heteroatoms. The quantitative estimate of drug-likeness (QED) is 0.800. The summed E-state index contributed by atoms with van der Waals surface area (Å²) in [7, 11) is 0. The molecule has 1 aromatic heterocycles. The molecule has 1 aliphatic rings. The third kappa shape index (κ3) is 1.92. The van der Waals surface area contributed by atoms with Crippen molar-refractivity contribution in [2.45, 2.75) is 0 Å². The highest BCUT2D eigenvalue weighted by Crippen LogP contribution is 2.35. The van der Waals surface area contributed by atoms with Gasteiger partial charge in [0.25, 0.3) is 5.91 Å². The molecule has 0 spiro atoms. The van der Waals surface area contributed by atoms with Crippen LogP contribution in [0.25, 0.3) is 11.6 Å². The Morgan fingerprint density at radius 1 is 1.17 bits per heavy atom. The van der Waals surface area contributed by atoms with E-state index in [1.165, 1.54) is 0 Å². The average molecular weight is 280 g/mol. The molecule has 18 heavy (non-hydrogen) atoms. The van der Waals surface area contributed by atoms with Crippen LogP contribution in [0.3, 0.4) is 0 Å². The largest absolute Gasteiger partial charge is 0.445 e. The predicted molar refractivity (Wildman–Crippen MR) is 71.7 cm³/mol. The van der Waals surface area contributed by atoms with Crippen LogP contribution in [0.2, 0.25) is 10.2 Å². The maximum atomic E-state index is 11.9. The Balaban J connectivity index is 2.09. The topological polar surface area (TPSA) is 42.2 Å². The second-order valence-corrected chi connectivity index (χ2v) is 4.65. The maximum Gasteiger partial charge on any atom is 0.256 e. The van der Waals surface area contributed by atoms with Crippen molar-refractivity contribution in [1.29, 1.82) is 0 Å². The third-order valence-electron chi connectivity index (χ3n) is 2.65. The number of carbonyl (C=O) groups excluding carboxylic acids is 1. The molecule has 0 atom stereocenters. The van der Waals surface area contributed by atoms with Crippen LogP contribution < -0.4 is 5.32 Å². The fourth-order valence-electron chi connectivity index (χ4n) is 1.86. The number of hydrogen-bond acceptors (Lipinski definition) is 2. The number of rotatable bonds is 1. The zero-order chi connectivity index (χ0) is 12.7. The molecule has 0 saturated heterocycles. The molecule has 0 bridgehead atoms. The molecule has 0 saturated carbocycles. The Morgan fingerprint density at radius 3 is 2.72 bits per heavy atom. The second kappa shape index (κ2) is 4.19.